The number of hydrogen-bond acceptors (Lipinski definition) is 3. The molecule has 0 bridgehead atoms. The Morgan fingerprint density at radius 3 is 2.53 bits per heavy atom. The second-order valence-corrected chi connectivity index (χ2v) is 7.49. The predicted molar refractivity (Wildman–Crippen MR) is 72.4 cm³/mol. The molecule has 0 atom stereocenters. The Morgan fingerprint density at radius 2 is 1.95 bits per heavy atom. The Bertz CT molecular complexity index is 681. The number of carboxylic acids is 1. The summed E-state index contributed by atoms with van der Waals surface area (Å²) < 4.78 is 24.7. The number of carboxylic acid groups (broad SMARTS) is 1. The lowest BCUT2D eigenvalue weighted by atomic mass is 9.89. The van der Waals surface area contributed by atoms with Gasteiger partial charge >= 0.3 is 5.97 Å². The zero-order chi connectivity index (χ0) is 14.4. The normalized spacial score (nSPS) is 16.9. The van der Waals surface area contributed by atoms with Crippen molar-refractivity contribution in [3.8, 4) is 0 Å². The summed E-state index contributed by atoms with van der Waals surface area (Å²) in [5.41, 5.74) is 0.524. The van der Waals surface area contributed by atoms with E-state index in [1.807, 2.05) is 6.92 Å². The molecule has 102 valence electrons. The molecule has 1 aromatic carbocycles. The van der Waals surface area contributed by atoms with Crippen LogP contribution in [0, 0.1) is 12.3 Å². The summed E-state index contributed by atoms with van der Waals surface area (Å²) in [6.07, 6.45) is 1.58. The molecule has 1 aliphatic heterocycles. The molecular weight excluding hydrogens is 264 g/mol. The highest BCUT2D eigenvalue weighted by molar-refractivity contribution is 7.95. The molecule has 0 aliphatic carbocycles. The van der Waals surface area contributed by atoms with Crippen LogP contribution in [-0.2, 0) is 14.6 Å². The number of carbonyl (C=O) groups is 1. The number of aliphatic carboxylic acids is 1. The zero-order valence-electron chi connectivity index (χ0n) is 11.1. The summed E-state index contributed by atoms with van der Waals surface area (Å²) in [7, 11) is -3.53. The Balaban J connectivity index is 2.46. The van der Waals surface area contributed by atoms with Crippen molar-refractivity contribution < 1.29 is 18.3 Å². The third kappa shape index (κ3) is 2.30. The quantitative estimate of drug-likeness (QED) is 0.923. The zero-order valence-corrected chi connectivity index (χ0v) is 11.9. The Labute approximate surface area is 112 Å². The van der Waals surface area contributed by atoms with Gasteiger partial charge in [-0.05, 0) is 44.9 Å². The minimum absolute atomic E-state index is 0.00159. The third-order valence-electron chi connectivity index (χ3n) is 3.31. The first kappa shape index (κ1) is 13.8. The van der Waals surface area contributed by atoms with E-state index in [4.69, 9.17) is 5.11 Å². The Morgan fingerprint density at radius 1 is 1.32 bits per heavy atom. The van der Waals surface area contributed by atoms with Gasteiger partial charge in [0.25, 0.3) is 0 Å². The van der Waals surface area contributed by atoms with Crippen LogP contribution in [0.15, 0.2) is 28.0 Å². The molecule has 4 nitrogen and oxygen atoms in total. The molecule has 0 fully saturated rings. The van der Waals surface area contributed by atoms with Crippen molar-refractivity contribution in [2.45, 2.75) is 32.1 Å². The van der Waals surface area contributed by atoms with E-state index < -0.39 is 21.2 Å². The number of allylic oxidation sites excluding steroid dienone is 1. The molecule has 19 heavy (non-hydrogen) atoms. The minimum Gasteiger partial charge on any atom is -0.481 e. The van der Waals surface area contributed by atoms with Crippen LogP contribution in [-0.4, -0.2) is 19.5 Å². The lowest BCUT2D eigenvalue weighted by molar-refractivity contribution is -0.146. The fourth-order valence-corrected chi connectivity index (χ4v) is 3.87. The van der Waals surface area contributed by atoms with Gasteiger partial charge in [0.15, 0.2) is 0 Å². The van der Waals surface area contributed by atoms with Crippen molar-refractivity contribution in [2.75, 3.05) is 0 Å². The van der Waals surface area contributed by atoms with Crippen molar-refractivity contribution in [1.82, 2.24) is 0 Å². The topological polar surface area (TPSA) is 71.4 Å². The van der Waals surface area contributed by atoms with Gasteiger partial charge in [-0.25, -0.2) is 8.42 Å². The van der Waals surface area contributed by atoms with Gasteiger partial charge in [0.05, 0.1) is 15.2 Å². The molecule has 0 unspecified atom stereocenters. The maximum absolute atomic E-state index is 12.3. The summed E-state index contributed by atoms with van der Waals surface area (Å²) >= 11 is 0. The number of aryl methyl sites for hydroxylation is 1. The first-order valence-corrected chi connectivity index (χ1v) is 7.42. The van der Waals surface area contributed by atoms with Crippen molar-refractivity contribution in [1.29, 1.82) is 0 Å². The van der Waals surface area contributed by atoms with E-state index >= 15 is 0 Å². The van der Waals surface area contributed by atoms with Crippen LogP contribution in [0.2, 0.25) is 0 Å². The predicted octanol–water partition coefficient (Wildman–Crippen LogP) is 2.62. The highest BCUT2D eigenvalue weighted by Gasteiger charge is 2.36. The van der Waals surface area contributed by atoms with Gasteiger partial charge < -0.3 is 5.11 Å². The molecule has 1 aliphatic rings. The molecule has 0 saturated carbocycles. The highest BCUT2D eigenvalue weighted by atomic mass is 32.2. The maximum atomic E-state index is 12.3. The minimum atomic E-state index is -3.53. The maximum Gasteiger partial charge on any atom is 0.309 e. The van der Waals surface area contributed by atoms with Crippen LogP contribution < -0.4 is 0 Å². The van der Waals surface area contributed by atoms with E-state index in [1.54, 1.807) is 24.3 Å². The van der Waals surface area contributed by atoms with Crippen LogP contribution in [0.3, 0.4) is 0 Å². The number of rotatable bonds is 3. The largest absolute Gasteiger partial charge is 0.481 e. The van der Waals surface area contributed by atoms with Crippen LogP contribution in [0.25, 0.3) is 6.08 Å². The van der Waals surface area contributed by atoms with Crippen molar-refractivity contribution in [3.63, 3.8) is 0 Å². The van der Waals surface area contributed by atoms with Crippen LogP contribution in [0.5, 0.6) is 0 Å². The molecule has 1 aromatic rings. The van der Waals surface area contributed by atoms with Gasteiger partial charge in [-0.1, -0.05) is 17.7 Å². The SMILES string of the molecule is Cc1ccc2c(c1)C=C(CC(C)(C)C(=O)O)S2(=O)=O. The molecule has 1 N–H and O–H groups in total. The van der Waals surface area contributed by atoms with E-state index in [0.717, 1.165) is 5.56 Å². The number of fused-ring (bicyclic) bond motifs is 1. The second-order valence-electron chi connectivity index (χ2n) is 5.52. The van der Waals surface area contributed by atoms with E-state index in [-0.39, 0.29) is 16.2 Å². The lowest BCUT2D eigenvalue weighted by Gasteiger charge is -2.19. The first-order chi connectivity index (χ1) is 8.64. The molecule has 0 spiro atoms. The van der Waals surface area contributed by atoms with E-state index in [0.29, 0.717) is 5.56 Å². The van der Waals surface area contributed by atoms with Crippen LogP contribution in [0.4, 0.5) is 0 Å². The second kappa shape index (κ2) is 4.20. The van der Waals surface area contributed by atoms with Gasteiger partial charge in [0.1, 0.15) is 0 Å². The average molecular weight is 280 g/mol. The van der Waals surface area contributed by atoms with Crippen molar-refractivity contribution in [2.24, 2.45) is 5.41 Å². The molecule has 1 heterocycles. The summed E-state index contributed by atoms with van der Waals surface area (Å²) in [6.45, 7) is 4.94. The van der Waals surface area contributed by atoms with E-state index in [9.17, 15) is 13.2 Å². The summed E-state index contributed by atoms with van der Waals surface area (Å²) in [5, 5.41) is 9.11. The van der Waals surface area contributed by atoms with Crippen LogP contribution >= 0.6 is 0 Å². The van der Waals surface area contributed by atoms with Crippen molar-refractivity contribution in [3.05, 3.63) is 34.2 Å². The summed E-state index contributed by atoms with van der Waals surface area (Å²) in [6, 6.07) is 5.13. The number of hydrogen-bond donors (Lipinski definition) is 1. The van der Waals surface area contributed by atoms with Gasteiger partial charge in [-0.2, -0.15) is 0 Å². The fraction of sp³-hybridized carbons (Fsp3) is 0.357. The molecule has 5 heteroatoms. The van der Waals surface area contributed by atoms with Gasteiger partial charge in [0.2, 0.25) is 9.84 Å². The van der Waals surface area contributed by atoms with Gasteiger partial charge in [-0.15, -0.1) is 0 Å². The monoisotopic (exact) mass is 280 g/mol. The molecule has 2 rings (SSSR count). The third-order valence-corrected chi connectivity index (χ3v) is 5.21. The number of benzene rings is 1. The van der Waals surface area contributed by atoms with Crippen LogP contribution in [0.1, 0.15) is 31.4 Å². The average Bonchev–Trinajstić information content (AvgIpc) is 2.49. The van der Waals surface area contributed by atoms with Gasteiger partial charge in [-0.3, -0.25) is 4.79 Å². The van der Waals surface area contributed by atoms with Crippen molar-refractivity contribution >= 4 is 21.9 Å². The molecular formula is C14H16O4S. The summed E-state index contributed by atoms with van der Waals surface area (Å²) in [4.78, 5) is 11.6. The molecule has 0 saturated heterocycles. The molecule has 0 radical (unpaired) electrons. The number of sulfone groups is 1. The summed E-state index contributed by atoms with van der Waals surface area (Å²) in [5.74, 6) is -1.00. The van der Waals surface area contributed by atoms with E-state index in [2.05, 4.69) is 0 Å². The Hall–Kier alpha value is -1.62. The molecule has 0 aromatic heterocycles. The van der Waals surface area contributed by atoms with Gasteiger partial charge in [0, 0.05) is 0 Å². The fourth-order valence-electron chi connectivity index (χ4n) is 2.07. The highest BCUT2D eigenvalue weighted by Crippen LogP contribution is 2.39. The Kier molecular flexibility index (Phi) is 3.05. The smallest absolute Gasteiger partial charge is 0.309 e. The van der Waals surface area contributed by atoms with E-state index in [1.165, 1.54) is 13.8 Å². The lowest BCUT2D eigenvalue weighted by Crippen LogP contribution is -2.25. The molecule has 0 amide bonds. The first-order valence-electron chi connectivity index (χ1n) is 5.94. The standard InChI is InChI=1S/C14H16O4S/c1-9-4-5-12-10(6-9)7-11(19(12,17)18)8-14(2,3)13(15)16/h4-7H,8H2,1-3H3,(H,15,16).